The van der Waals surface area contributed by atoms with E-state index >= 15 is 0 Å². The molecule has 4 unspecified atom stereocenters. The first-order chi connectivity index (χ1) is 9.92. The van der Waals surface area contributed by atoms with Gasteiger partial charge >= 0.3 is 0 Å². The lowest BCUT2D eigenvalue weighted by atomic mass is 9.97. The Morgan fingerprint density at radius 2 is 2.05 bits per heavy atom. The lowest BCUT2D eigenvalue weighted by Crippen LogP contribution is -2.64. The third-order valence-corrected chi connectivity index (χ3v) is 4.39. The van der Waals surface area contributed by atoms with Gasteiger partial charge in [-0.2, -0.15) is 0 Å². The van der Waals surface area contributed by atoms with E-state index in [0.717, 1.165) is 12.8 Å². The van der Waals surface area contributed by atoms with Gasteiger partial charge in [-0.25, -0.2) is 0 Å². The average molecular weight is 296 g/mol. The van der Waals surface area contributed by atoms with Crippen LogP contribution in [0.15, 0.2) is 0 Å². The zero-order valence-electron chi connectivity index (χ0n) is 13.6. The summed E-state index contributed by atoms with van der Waals surface area (Å²) in [4.78, 5) is 26.7. The predicted octanol–water partition coefficient (Wildman–Crippen LogP) is 1.71. The van der Waals surface area contributed by atoms with Crippen LogP contribution in [-0.2, 0) is 14.3 Å². The molecule has 0 spiro atoms. The first-order valence-corrected chi connectivity index (χ1v) is 8.18. The fraction of sp³-hybridized carbons (Fsp3) is 0.875. The van der Waals surface area contributed by atoms with Crippen molar-refractivity contribution in [3.63, 3.8) is 0 Å². The number of carbonyl (C=O) groups is 2. The van der Waals surface area contributed by atoms with Crippen molar-refractivity contribution in [3.8, 4) is 0 Å². The van der Waals surface area contributed by atoms with Crippen LogP contribution in [0.2, 0.25) is 0 Å². The molecular formula is C16H28N2O3. The molecule has 120 valence electrons. The Morgan fingerprint density at radius 1 is 1.33 bits per heavy atom. The fourth-order valence-corrected chi connectivity index (χ4v) is 3.32. The molecule has 5 heteroatoms. The molecule has 2 amide bonds. The second kappa shape index (κ2) is 6.77. The van der Waals surface area contributed by atoms with Crippen LogP contribution >= 0.6 is 0 Å². The van der Waals surface area contributed by atoms with Crippen molar-refractivity contribution >= 4 is 11.8 Å². The molecule has 2 rings (SSSR count). The van der Waals surface area contributed by atoms with Crippen molar-refractivity contribution in [1.82, 2.24) is 10.2 Å². The largest absolute Gasteiger partial charge is 0.373 e. The van der Waals surface area contributed by atoms with Gasteiger partial charge in [-0.1, -0.05) is 20.8 Å². The molecule has 0 aromatic heterocycles. The number of hydrogen-bond donors (Lipinski definition) is 1. The minimum Gasteiger partial charge on any atom is -0.373 e. The van der Waals surface area contributed by atoms with Gasteiger partial charge in [-0.15, -0.1) is 0 Å². The molecule has 2 saturated heterocycles. The summed E-state index contributed by atoms with van der Waals surface area (Å²) in [7, 11) is 0. The second-order valence-electron chi connectivity index (χ2n) is 6.75. The van der Waals surface area contributed by atoms with E-state index in [9.17, 15) is 9.59 Å². The molecule has 0 aromatic rings. The van der Waals surface area contributed by atoms with Gasteiger partial charge in [0, 0.05) is 6.54 Å². The highest BCUT2D eigenvalue weighted by atomic mass is 16.5. The van der Waals surface area contributed by atoms with Gasteiger partial charge in [0.25, 0.3) is 0 Å². The SMILES string of the molecule is CCC1C(=O)NC(CC(C)C)C(=O)N1CC1CCC(C)O1. The highest BCUT2D eigenvalue weighted by Crippen LogP contribution is 2.24. The number of piperazine rings is 1. The Bertz CT molecular complexity index is 397. The van der Waals surface area contributed by atoms with E-state index in [1.54, 1.807) is 4.90 Å². The number of nitrogens with zero attached hydrogens (tertiary/aromatic N) is 1. The summed E-state index contributed by atoms with van der Waals surface area (Å²) in [6.45, 7) is 8.69. The van der Waals surface area contributed by atoms with Gasteiger partial charge in [0.05, 0.1) is 12.2 Å². The molecular weight excluding hydrogens is 268 g/mol. The summed E-state index contributed by atoms with van der Waals surface area (Å²) in [5.41, 5.74) is 0. The van der Waals surface area contributed by atoms with E-state index in [1.165, 1.54) is 0 Å². The Morgan fingerprint density at radius 3 is 2.57 bits per heavy atom. The number of ether oxygens (including phenoxy) is 1. The third kappa shape index (κ3) is 3.76. The molecule has 2 aliphatic rings. The lowest BCUT2D eigenvalue weighted by Gasteiger charge is -2.40. The highest BCUT2D eigenvalue weighted by molar-refractivity contribution is 5.96. The Kier molecular flexibility index (Phi) is 5.25. The molecule has 2 aliphatic heterocycles. The number of hydrogen-bond acceptors (Lipinski definition) is 3. The van der Waals surface area contributed by atoms with Crippen molar-refractivity contribution in [2.24, 2.45) is 5.92 Å². The second-order valence-corrected chi connectivity index (χ2v) is 6.75. The van der Waals surface area contributed by atoms with Crippen molar-refractivity contribution in [2.45, 2.75) is 77.7 Å². The lowest BCUT2D eigenvalue weighted by molar-refractivity contribution is -0.151. The van der Waals surface area contributed by atoms with Crippen LogP contribution in [0.25, 0.3) is 0 Å². The van der Waals surface area contributed by atoms with Gasteiger partial charge in [0.15, 0.2) is 0 Å². The summed E-state index contributed by atoms with van der Waals surface area (Å²) in [6.07, 6.45) is 3.68. The summed E-state index contributed by atoms with van der Waals surface area (Å²) in [5, 5.41) is 2.89. The summed E-state index contributed by atoms with van der Waals surface area (Å²) >= 11 is 0. The number of carbonyl (C=O) groups excluding carboxylic acids is 2. The predicted molar refractivity (Wildman–Crippen MR) is 80.7 cm³/mol. The highest BCUT2D eigenvalue weighted by Gasteiger charge is 2.41. The topological polar surface area (TPSA) is 58.6 Å². The van der Waals surface area contributed by atoms with E-state index in [-0.39, 0.29) is 36.1 Å². The van der Waals surface area contributed by atoms with Crippen LogP contribution in [0.5, 0.6) is 0 Å². The number of amides is 2. The molecule has 5 nitrogen and oxygen atoms in total. The van der Waals surface area contributed by atoms with Crippen molar-refractivity contribution in [1.29, 1.82) is 0 Å². The van der Waals surface area contributed by atoms with Crippen LogP contribution in [0.1, 0.15) is 53.4 Å². The van der Waals surface area contributed by atoms with Crippen LogP contribution in [0.3, 0.4) is 0 Å². The maximum atomic E-state index is 12.7. The minimum atomic E-state index is -0.376. The average Bonchev–Trinajstić information content (AvgIpc) is 2.80. The van der Waals surface area contributed by atoms with E-state index in [1.807, 2.05) is 6.92 Å². The van der Waals surface area contributed by atoms with Gasteiger partial charge in [-0.3, -0.25) is 9.59 Å². The molecule has 2 heterocycles. The van der Waals surface area contributed by atoms with Gasteiger partial charge in [-0.05, 0) is 38.5 Å². The van der Waals surface area contributed by atoms with Crippen molar-refractivity contribution < 1.29 is 14.3 Å². The molecule has 4 atom stereocenters. The number of nitrogens with one attached hydrogen (secondary N) is 1. The van der Waals surface area contributed by atoms with Gasteiger partial charge in [0.1, 0.15) is 12.1 Å². The number of rotatable bonds is 5. The summed E-state index contributed by atoms with van der Waals surface area (Å²) in [6, 6.07) is -0.723. The van der Waals surface area contributed by atoms with Gasteiger partial charge in [0.2, 0.25) is 11.8 Å². The summed E-state index contributed by atoms with van der Waals surface area (Å²) < 4.78 is 5.83. The molecule has 21 heavy (non-hydrogen) atoms. The smallest absolute Gasteiger partial charge is 0.245 e. The maximum absolute atomic E-state index is 12.7. The molecule has 0 aliphatic carbocycles. The minimum absolute atomic E-state index is 0.0196. The molecule has 0 saturated carbocycles. The van der Waals surface area contributed by atoms with E-state index in [4.69, 9.17) is 4.74 Å². The van der Waals surface area contributed by atoms with Crippen molar-refractivity contribution in [2.75, 3.05) is 6.54 Å². The molecule has 0 radical (unpaired) electrons. The van der Waals surface area contributed by atoms with Crippen LogP contribution in [0, 0.1) is 5.92 Å². The Labute approximate surface area is 127 Å². The summed E-state index contributed by atoms with van der Waals surface area (Å²) in [5.74, 6) is 0.411. The van der Waals surface area contributed by atoms with E-state index in [2.05, 4.69) is 26.1 Å². The van der Waals surface area contributed by atoms with Crippen LogP contribution in [0.4, 0.5) is 0 Å². The normalized spacial score (nSPS) is 33.7. The van der Waals surface area contributed by atoms with Crippen molar-refractivity contribution in [3.05, 3.63) is 0 Å². The van der Waals surface area contributed by atoms with Gasteiger partial charge < -0.3 is 15.0 Å². The van der Waals surface area contributed by atoms with Crippen LogP contribution < -0.4 is 5.32 Å². The molecule has 1 N–H and O–H groups in total. The fourth-order valence-electron chi connectivity index (χ4n) is 3.32. The quantitative estimate of drug-likeness (QED) is 0.840. The van der Waals surface area contributed by atoms with E-state index < -0.39 is 0 Å². The third-order valence-electron chi connectivity index (χ3n) is 4.39. The Hall–Kier alpha value is -1.10. The zero-order chi connectivity index (χ0) is 15.6. The molecule has 2 fully saturated rings. The first kappa shape index (κ1) is 16.3. The monoisotopic (exact) mass is 296 g/mol. The Balaban J connectivity index is 2.08. The zero-order valence-corrected chi connectivity index (χ0v) is 13.6. The maximum Gasteiger partial charge on any atom is 0.245 e. The molecule has 0 bridgehead atoms. The van der Waals surface area contributed by atoms with Crippen LogP contribution in [-0.4, -0.2) is 47.6 Å². The van der Waals surface area contributed by atoms with E-state index in [0.29, 0.717) is 25.3 Å². The standard InChI is InChI=1S/C16H28N2O3/c1-5-14-15(19)17-13(8-10(2)3)16(20)18(14)9-12-7-6-11(4)21-12/h10-14H,5-9H2,1-4H3,(H,17,19). The molecule has 0 aromatic carbocycles. The first-order valence-electron chi connectivity index (χ1n) is 8.18.